The lowest BCUT2D eigenvalue weighted by atomic mass is 9.99. The van der Waals surface area contributed by atoms with Crippen LogP contribution in [0.25, 0.3) is 22.2 Å². The van der Waals surface area contributed by atoms with Gasteiger partial charge in [0, 0.05) is 17.8 Å². The molecule has 4 aromatic rings. The van der Waals surface area contributed by atoms with Crippen molar-refractivity contribution in [1.29, 1.82) is 0 Å². The van der Waals surface area contributed by atoms with E-state index in [4.69, 9.17) is 10.5 Å². The van der Waals surface area contributed by atoms with Crippen LogP contribution in [-0.4, -0.2) is 14.5 Å². The van der Waals surface area contributed by atoms with Crippen LogP contribution in [0, 0.1) is 0 Å². The van der Waals surface area contributed by atoms with Crippen LogP contribution in [0.5, 0.6) is 11.5 Å². The van der Waals surface area contributed by atoms with Gasteiger partial charge in [0.05, 0.1) is 5.39 Å². The quantitative estimate of drug-likeness (QED) is 0.572. The number of hydrogen-bond donors (Lipinski definition) is 1. The molecule has 0 amide bonds. The molecule has 0 spiro atoms. The van der Waals surface area contributed by atoms with Gasteiger partial charge in [0.2, 0.25) is 0 Å². The molecule has 5 rings (SSSR count). The largest absolute Gasteiger partial charge is 0.457 e. The van der Waals surface area contributed by atoms with Crippen LogP contribution in [0.15, 0.2) is 60.9 Å². The van der Waals surface area contributed by atoms with Gasteiger partial charge in [-0.15, -0.1) is 0 Å². The minimum atomic E-state index is 0.543. The van der Waals surface area contributed by atoms with Gasteiger partial charge in [-0.05, 0) is 49.1 Å². The number of fused-ring (bicyclic) bond motifs is 3. The maximum Gasteiger partial charge on any atom is 0.146 e. The zero-order valence-corrected chi connectivity index (χ0v) is 14.9. The van der Waals surface area contributed by atoms with Gasteiger partial charge in [0.1, 0.15) is 29.3 Å². The summed E-state index contributed by atoms with van der Waals surface area (Å²) in [6.45, 7) is 0.984. The summed E-state index contributed by atoms with van der Waals surface area (Å²) in [7, 11) is 0. The van der Waals surface area contributed by atoms with E-state index in [1.54, 1.807) is 6.33 Å². The monoisotopic (exact) mass is 356 g/mol. The van der Waals surface area contributed by atoms with Gasteiger partial charge in [-0.25, -0.2) is 9.97 Å². The lowest BCUT2D eigenvalue weighted by Gasteiger charge is -2.17. The molecule has 0 saturated heterocycles. The van der Waals surface area contributed by atoms with Crippen molar-refractivity contribution in [2.45, 2.75) is 25.8 Å². The molecular formula is C22H20N4O. The van der Waals surface area contributed by atoms with Crippen molar-refractivity contribution in [2.24, 2.45) is 0 Å². The zero-order valence-electron chi connectivity index (χ0n) is 14.9. The molecule has 0 aliphatic carbocycles. The summed E-state index contributed by atoms with van der Waals surface area (Å²) in [6.07, 6.45) is 4.95. The number of nitrogens with two attached hydrogens (primary N) is 1. The van der Waals surface area contributed by atoms with Crippen LogP contribution in [0.1, 0.15) is 18.5 Å². The number of aryl methyl sites for hydroxylation is 1. The van der Waals surface area contributed by atoms with E-state index in [0.717, 1.165) is 46.6 Å². The van der Waals surface area contributed by atoms with E-state index in [1.807, 2.05) is 42.5 Å². The molecule has 0 fully saturated rings. The van der Waals surface area contributed by atoms with Crippen molar-refractivity contribution in [3.8, 4) is 22.6 Å². The number of rotatable bonds is 3. The molecule has 0 radical (unpaired) electrons. The summed E-state index contributed by atoms with van der Waals surface area (Å²) < 4.78 is 8.23. The van der Waals surface area contributed by atoms with E-state index in [-0.39, 0.29) is 0 Å². The van der Waals surface area contributed by atoms with Crippen LogP contribution in [-0.2, 0) is 13.0 Å². The molecule has 0 unspecified atom stereocenters. The van der Waals surface area contributed by atoms with Gasteiger partial charge in [0.15, 0.2) is 0 Å². The van der Waals surface area contributed by atoms with Crippen molar-refractivity contribution in [2.75, 3.05) is 5.73 Å². The number of hydrogen-bond acceptors (Lipinski definition) is 4. The number of ether oxygens (including phenoxy) is 1. The first-order chi connectivity index (χ1) is 13.3. The molecule has 2 aromatic carbocycles. The molecule has 1 aliphatic rings. The number of anilines is 1. The van der Waals surface area contributed by atoms with Gasteiger partial charge < -0.3 is 15.0 Å². The van der Waals surface area contributed by atoms with Gasteiger partial charge in [-0.3, -0.25) is 0 Å². The van der Waals surface area contributed by atoms with E-state index in [1.165, 1.54) is 18.5 Å². The molecular weight excluding hydrogens is 336 g/mol. The second-order valence-electron chi connectivity index (χ2n) is 6.83. The fourth-order valence-electron chi connectivity index (χ4n) is 3.93. The Kier molecular flexibility index (Phi) is 3.78. The summed E-state index contributed by atoms with van der Waals surface area (Å²) in [4.78, 5) is 8.76. The number of para-hydroxylation sites is 1. The molecule has 134 valence electrons. The van der Waals surface area contributed by atoms with Gasteiger partial charge in [-0.1, -0.05) is 30.3 Å². The van der Waals surface area contributed by atoms with Crippen molar-refractivity contribution < 1.29 is 4.74 Å². The third-order valence-electron chi connectivity index (χ3n) is 5.14. The third kappa shape index (κ3) is 2.72. The predicted octanol–water partition coefficient (Wildman–Crippen LogP) is 4.81. The highest BCUT2D eigenvalue weighted by Crippen LogP contribution is 2.39. The first-order valence-electron chi connectivity index (χ1n) is 9.26. The second kappa shape index (κ2) is 6.43. The van der Waals surface area contributed by atoms with Crippen LogP contribution < -0.4 is 10.5 Å². The number of aromatic nitrogens is 3. The fourth-order valence-corrected chi connectivity index (χ4v) is 3.93. The normalized spacial score (nSPS) is 13.5. The maximum atomic E-state index is 6.25. The number of nitrogens with zero attached hydrogens (tertiary/aromatic N) is 3. The van der Waals surface area contributed by atoms with Crippen LogP contribution in [0.3, 0.4) is 0 Å². The molecule has 3 heterocycles. The van der Waals surface area contributed by atoms with Crippen LogP contribution in [0.2, 0.25) is 0 Å². The van der Waals surface area contributed by atoms with Gasteiger partial charge in [0.25, 0.3) is 0 Å². The molecule has 5 nitrogen and oxygen atoms in total. The van der Waals surface area contributed by atoms with E-state index >= 15 is 0 Å². The first kappa shape index (κ1) is 15.9. The van der Waals surface area contributed by atoms with E-state index < -0.39 is 0 Å². The minimum absolute atomic E-state index is 0.543. The lowest BCUT2D eigenvalue weighted by molar-refractivity contribution is 0.483. The maximum absolute atomic E-state index is 6.25. The third-order valence-corrected chi connectivity index (χ3v) is 5.14. The summed E-state index contributed by atoms with van der Waals surface area (Å²) in [6, 6.07) is 18.0. The molecule has 1 aliphatic heterocycles. The summed E-state index contributed by atoms with van der Waals surface area (Å²) in [5, 5.41) is 0.964. The highest BCUT2D eigenvalue weighted by atomic mass is 16.5. The number of nitrogen functional groups attached to an aromatic ring is 1. The summed E-state index contributed by atoms with van der Waals surface area (Å²) >= 11 is 0. The van der Waals surface area contributed by atoms with Gasteiger partial charge >= 0.3 is 0 Å². The standard InChI is InChI=1S/C22H20N4O/c23-21-20-19(18-8-4-5-13-26(18)22(20)25-14-24-21)15-9-11-17(12-10-15)27-16-6-2-1-3-7-16/h1-3,6-7,9-12,14H,4-5,8,13H2,(H2,23,24,25). The zero-order chi connectivity index (χ0) is 18.2. The van der Waals surface area contributed by atoms with E-state index in [0.29, 0.717) is 5.82 Å². The van der Waals surface area contributed by atoms with Crippen molar-refractivity contribution >= 4 is 16.9 Å². The summed E-state index contributed by atoms with van der Waals surface area (Å²) in [5.41, 5.74) is 10.8. The Morgan fingerprint density at radius 3 is 2.48 bits per heavy atom. The molecule has 2 N–H and O–H groups in total. The highest BCUT2D eigenvalue weighted by Gasteiger charge is 2.23. The van der Waals surface area contributed by atoms with E-state index in [2.05, 4.69) is 26.7 Å². The Labute approximate surface area is 157 Å². The summed E-state index contributed by atoms with van der Waals surface area (Å²) in [5.74, 6) is 2.18. The Bertz CT molecular complexity index is 1100. The Morgan fingerprint density at radius 2 is 1.67 bits per heavy atom. The molecule has 0 saturated carbocycles. The SMILES string of the molecule is Nc1ncnc2c1c(-c1ccc(Oc3ccccc3)cc1)c1n2CCCC1. The van der Waals surface area contributed by atoms with Crippen LogP contribution >= 0.6 is 0 Å². The van der Waals surface area contributed by atoms with Gasteiger partial charge in [-0.2, -0.15) is 0 Å². The Hall–Kier alpha value is -3.34. The highest BCUT2D eigenvalue weighted by molar-refractivity contribution is 6.02. The first-order valence-corrected chi connectivity index (χ1v) is 9.26. The molecule has 0 bridgehead atoms. The Morgan fingerprint density at radius 1 is 0.889 bits per heavy atom. The van der Waals surface area contributed by atoms with E-state index in [9.17, 15) is 0 Å². The topological polar surface area (TPSA) is 66.0 Å². The number of benzene rings is 2. The minimum Gasteiger partial charge on any atom is -0.457 e. The van der Waals surface area contributed by atoms with Crippen molar-refractivity contribution in [3.05, 3.63) is 66.6 Å². The van der Waals surface area contributed by atoms with Crippen molar-refractivity contribution in [1.82, 2.24) is 14.5 Å². The fraction of sp³-hybridized carbons (Fsp3) is 0.182. The average molecular weight is 356 g/mol. The Balaban J connectivity index is 1.59. The molecule has 27 heavy (non-hydrogen) atoms. The second-order valence-corrected chi connectivity index (χ2v) is 6.83. The molecule has 0 atom stereocenters. The molecule has 5 heteroatoms. The smallest absolute Gasteiger partial charge is 0.146 e. The molecule has 2 aromatic heterocycles. The van der Waals surface area contributed by atoms with Crippen molar-refractivity contribution in [3.63, 3.8) is 0 Å². The lowest BCUT2D eigenvalue weighted by Crippen LogP contribution is -2.10. The average Bonchev–Trinajstić information content (AvgIpc) is 3.05. The predicted molar refractivity (Wildman–Crippen MR) is 107 cm³/mol. The van der Waals surface area contributed by atoms with Crippen LogP contribution in [0.4, 0.5) is 5.82 Å².